The topological polar surface area (TPSA) is 65.1 Å². The van der Waals surface area contributed by atoms with Crippen LogP contribution in [0.15, 0.2) is 0 Å². The average molecular weight is 237 g/mol. The Bertz CT molecular complexity index is 260. The lowest BCUT2D eigenvalue weighted by atomic mass is 10.6. The van der Waals surface area contributed by atoms with E-state index < -0.39 is 7.60 Å². The van der Waals surface area contributed by atoms with Gasteiger partial charge in [-0.25, -0.2) is 4.90 Å². The minimum Gasteiger partial charge on any atom is -0.449 e. The fourth-order valence-corrected chi connectivity index (χ4v) is 2.98. The maximum atomic E-state index is 12.0. The number of rotatable bonds is 6. The molecule has 0 aromatic heterocycles. The molecular formula is C8H16NO5P. The molecule has 1 aliphatic heterocycles. The van der Waals surface area contributed by atoms with Crippen LogP contribution in [0.25, 0.3) is 0 Å². The molecule has 0 bridgehead atoms. The van der Waals surface area contributed by atoms with Crippen molar-refractivity contribution < 1.29 is 23.1 Å². The number of carbonyl (C=O) groups is 1. The van der Waals surface area contributed by atoms with Crippen molar-refractivity contribution in [3.8, 4) is 0 Å². The monoisotopic (exact) mass is 237 g/mol. The number of hydrogen-bond donors (Lipinski definition) is 0. The summed E-state index contributed by atoms with van der Waals surface area (Å²) in [5.41, 5.74) is 0. The molecule has 1 heterocycles. The Morgan fingerprint density at radius 1 is 1.40 bits per heavy atom. The molecule has 1 rings (SSSR count). The molecule has 1 fully saturated rings. The van der Waals surface area contributed by atoms with Gasteiger partial charge in [0.1, 0.15) is 19.6 Å². The third kappa shape index (κ3) is 3.91. The van der Waals surface area contributed by atoms with Crippen molar-refractivity contribution in [3.63, 3.8) is 0 Å². The Hall–Kier alpha value is -0.420. The van der Waals surface area contributed by atoms with Crippen LogP contribution in [-0.4, -0.2) is 43.6 Å². The van der Waals surface area contributed by atoms with Gasteiger partial charge in [-0.3, -0.25) is 9.36 Å². The minimum absolute atomic E-state index is 0.0976. The zero-order valence-electron chi connectivity index (χ0n) is 8.97. The second-order valence-electron chi connectivity index (χ2n) is 3.06. The smallest absolute Gasteiger partial charge is 0.344 e. The first-order chi connectivity index (χ1) is 7.09. The van der Waals surface area contributed by atoms with Crippen LogP contribution in [-0.2, 0) is 23.1 Å². The first kappa shape index (κ1) is 12.6. The highest BCUT2D eigenvalue weighted by atomic mass is 31.2. The van der Waals surface area contributed by atoms with E-state index in [1.165, 1.54) is 0 Å². The first-order valence-electron chi connectivity index (χ1n) is 4.85. The molecule has 6 nitrogen and oxygen atoms in total. The fraction of sp³-hybridized carbons (Fsp3) is 0.875. The minimum atomic E-state index is -3.10. The number of cyclic esters (lactones) is 1. The van der Waals surface area contributed by atoms with E-state index >= 15 is 0 Å². The normalized spacial score (nSPS) is 18.1. The van der Waals surface area contributed by atoms with Crippen molar-refractivity contribution in [3.05, 3.63) is 0 Å². The summed E-state index contributed by atoms with van der Waals surface area (Å²) in [6.07, 6.45) is 0.0976. The Morgan fingerprint density at radius 2 is 2.00 bits per heavy atom. The van der Waals surface area contributed by atoms with E-state index in [1.807, 2.05) is 0 Å². The lowest BCUT2D eigenvalue weighted by Crippen LogP contribution is -2.23. The van der Waals surface area contributed by atoms with E-state index in [9.17, 15) is 9.36 Å². The van der Waals surface area contributed by atoms with Gasteiger partial charge in [-0.2, -0.15) is 0 Å². The van der Waals surface area contributed by atoms with Crippen LogP contribution in [0.3, 0.4) is 0 Å². The largest absolute Gasteiger partial charge is 0.449 e. The Morgan fingerprint density at radius 3 is 2.40 bits per heavy atom. The predicted octanol–water partition coefficient (Wildman–Crippen LogP) is 1.03. The van der Waals surface area contributed by atoms with Gasteiger partial charge in [-0.15, -0.1) is 0 Å². The molecule has 0 atom stereocenters. The fourth-order valence-electron chi connectivity index (χ4n) is 1.29. The van der Waals surface area contributed by atoms with E-state index in [1.54, 1.807) is 18.7 Å². The Kier molecular flexibility index (Phi) is 4.73. The quantitative estimate of drug-likeness (QED) is 0.507. The summed E-state index contributed by atoms with van der Waals surface area (Å²) in [5.74, 6) is -0.311. The number of esters is 1. The standard InChI is InChI=1S/C8H16NO5P/c1-3-13-15(11,14-4-2)7-9-5-8(10)12-6-9/h3-7H2,1-2H3. The second-order valence-corrected chi connectivity index (χ2v) is 5.08. The molecule has 7 heteroatoms. The van der Waals surface area contributed by atoms with Gasteiger partial charge in [0.15, 0.2) is 0 Å². The molecule has 0 spiro atoms. The molecule has 15 heavy (non-hydrogen) atoms. The molecule has 0 radical (unpaired) electrons. The van der Waals surface area contributed by atoms with Gasteiger partial charge in [-0.05, 0) is 13.8 Å². The van der Waals surface area contributed by atoms with Gasteiger partial charge in [0.2, 0.25) is 0 Å². The molecule has 0 N–H and O–H groups in total. The average Bonchev–Trinajstić information content (AvgIpc) is 2.51. The lowest BCUT2D eigenvalue weighted by Gasteiger charge is -2.20. The van der Waals surface area contributed by atoms with E-state index in [0.717, 1.165) is 0 Å². The van der Waals surface area contributed by atoms with E-state index in [-0.39, 0.29) is 25.5 Å². The van der Waals surface area contributed by atoms with Crippen molar-refractivity contribution in [1.29, 1.82) is 0 Å². The molecule has 1 saturated heterocycles. The molecule has 0 aromatic rings. The summed E-state index contributed by atoms with van der Waals surface area (Å²) >= 11 is 0. The molecule has 88 valence electrons. The van der Waals surface area contributed by atoms with E-state index in [4.69, 9.17) is 13.8 Å². The number of ether oxygens (including phenoxy) is 1. The first-order valence-corrected chi connectivity index (χ1v) is 6.58. The summed E-state index contributed by atoms with van der Waals surface area (Å²) in [6, 6.07) is 0. The molecule has 0 saturated carbocycles. The molecule has 0 unspecified atom stereocenters. The van der Waals surface area contributed by atoms with Gasteiger partial charge < -0.3 is 13.8 Å². The van der Waals surface area contributed by atoms with Crippen molar-refractivity contribution in [2.24, 2.45) is 0 Å². The molecule has 0 aromatic carbocycles. The van der Waals surface area contributed by atoms with Gasteiger partial charge >= 0.3 is 13.6 Å². The van der Waals surface area contributed by atoms with Crippen LogP contribution in [0, 0.1) is 0 Å². The highest BCUT2D eigenvalue weighted by Gasteiger charge is 2.31. The van der Waals surface area contributed by atoms with Gasteiger partial charge in [0, 0.05) is 0 Å². The zero-order chi connectivity index (χ0) is 11.3. The van der Waals surface area contributed by atoms with Crippen LogP contribution in [0.4, 0.5) is 0 Å². The van der Waals surface area contributed by atoms with Crippen LogP contribution in [0.1, 0.15) is 13.8 Å². The Labute approximate surface area is 89.0 Å². The van der Waals surface area contributed by atoms with Crippen molar-refractivity contribution >= 4 is 13.6 Å². The van der Waals surface area contributed by atoms with Crippen molar-refractivity contribution in [1.82, 2.24) is 4.90 Å². The number of hydrogen-bond acceptors (Lipinski definition) is 6. The lowest BCUT2D eigenvalue weighted by molar-refractivity contribution is -0.136. The van der Waals surface area contributed by atoms with E-state index in [2.05, 4.69) is 0 Å². The van der Waals surface area contributed by atoms with Gasteiger partial charge in [0.25, 0.3) is 0 Å². The van der Waals surface area contributed by atoms with Crippen LogP contribution < -0.4 is 0 Å². The van der Waals surface area contributed by atoms with Crippen molar-refractivity contribution in [2.45, 2.75) is 13.8 Å². The van der Waals surface area contributed by atoms with Crippen LogP contribution in [0.2, 0.25) is 0 Å². The second kappa shape index (κ2) is 5.61. The summed E-state index contributed by atoms with van der Waals surface area (Å²) in [5, 5.41) is 0. The van der Waals surface area contributed by atoms with Gasteiger partial charge in [-0.1, -0.05) is 0 Å². The van der Waals surface area contributed by atoms with Crippen LogP contribution in [0.5, 0.6) is 0 Å². The molecular weight excluding hydrogens is 221 g/mol. The number of nitrogens with zero attached hydrogens (tertiary/aromatic N) is 1. The SMILES string of the molecule is CCOP(=O)(CN1COC(=O)C1)OCC. The summed E-state index contributed by atoms with van der Waals surface area (Å²) in [4.78, 5) is 12.4. The molecule has 0 amide bonds. The molecule has 1 aliphatic rings. The Balaban J connectivity index is 2.50. The molecule has 0 aliphatic carbocycles. The predicted molar refractivity (Wildman–Crippen MR) is 53.4 cm³/mol. The maximum Gasteiger partial charge on any atom is 0.344 e. The summed E-state index contributed by atoms with van der Waals surface area (Å²) < 4.78 is 26.9. The third-order valence-electron chi connectivity index (χ3n) is 1.79. The van der Waals surface area contributed by atoms with Crippen LogP contribution >= 0.6 is 7.60 Å². The highest BCUT2D eigenvalue weighted by Crippen LogP contribution is 2.48. The highest BCUT2D eigenvalue weighted by molar-refractivity contribution is 7.53. The zero-order valence-corrected chi connectivity index (χ0v) is 9.87. The van der Waals surface area contributed by atoms with Gasteiger partial charge in [0.05, 0.1) is 13.2 Å². The maximum absolute atomic E-state index is 12.0. The summed E-state index contributed by atoms with van der Waals surface area (Å²) in [6.45, 7) is 4.43. The van der Waals surface area contributed by atoms with Crippen molar-refractivity contribution in [2.75, 3.05) is 32.8 Å². The summed E-state index contributed by atoms with van der Waals surface area (Å²) in [7, 11) is -3.10. The number of carbonyl (C=O) groups excluding carboxylic acids is 1. The third-order valence-corrected chi connectivity index (χ3v) is 3.84. The van der Waals surface area contributed by atoms with E-state index in [0.29, 0.717) is 13.2 Å².